The zero-order valence-electron chi connectivity index (χ0n) is 20.5. The summed E-state index contributed by atoms with van der Waals surface area (Å²) in [6.07, 6.45) is -7.86. The van der Waals surface area contributed by atoms with E-state index in [2.05, 4.69) is 6.92 Å². The molecule has 0 radical (unpaired) electrons. The predicted octanol–water partition coefficient (Wildman–Crippen LogP) is 4.14. The first-order chi connectivity index (χ1) is 16.9. The summed E-state index contributed by atoms with van der Waals surface area (Å²) in [6.45, 7) is 5.96. The van der Waals surface area contributed by atoms with Crippen molar-refractivity contribution in [3.63, 3.8) is 0 Å². The summed E-state index contributed by atoms with van der Waals surface area (Å²) in [6, 6.07) is 0. The molecule has 1 heterocycles. The molecule has 0 spiro atoms. The molecule has 0 aromatic heterocycles. The second-order valence-corrected chi connectivity index (χ2v) is 14.5. The highest BCUT2D eigenvalue weighted by Gasteiger charge is 2.68. The van der Waals surface area contributed by atoms with Crippen molar-refractivity contribution in [2.75, 3.05) is 47.1 Å². The first-order valence-corrected chi connectivity index (χ1v) is 15.3. The molecule has 0 aromatic rings. The average molecular weight is 643 g/mol. The molecule has 38 heavy (non-hydrogen) atoms. The maximum atomic E-state index is 12.3. The van der Waals surface area contributed by atoms with E-state index in [0.717, 1.165) is 10.7 Å². The Morgan fingerprint density at radius 2 is 1.05 bits per heavy atom. The molecule has 0 bridgehead atoms. The van der Waals surface area contributed by atoms with Crippen LogP contribution in [0.1, 0.15) is 32.6 Å². The summed E-state index contributed by atoms with van der Waals surface area (Å²) in [5.41, 5.74) is 0. The van der Waals surface area contributed by atoms with E-state index in [1.54, 1.807) is 21.3 Å². The summed E-state index contributed by atoms with van der Waals surface area (Å²) in [4.78, 5) is 0. The van der Waals surface area contributed by atoms with E-state index in [-0.39, 0.29) is 0 Å². The van der Waals surface area contributed by atoms with Gasteiger partial charge in [-0.2, -0.15) is 43.9 Å². The van der Waals surface area contributed by atoms with Crippen molar-refractivity contribution in [3.8, 4) is 0 Å². The van der Waals surface area contributed by atoms with Gasteiger partial charge in [0.2, 0.25) is 0 Å². The summed E-state index contributed by atoms with van der Waals surface area (Å²) >= 11 is 0. The van der Waals surface area contributed by atoms with Crippen molar-refractivity contribution in [1.82, 2.24) is 0 Å². The molecule has 1 aliphatic heterocycles. The van der Waals surface area contributed by atoms with Gasteiger partial charge in [-0.1, -0.05) is 6.92 Å². The van der Waals surface area contributed by atoms with Crippen LogP contribution in [0.3, 0.4) is 0 Å². The lowest BCUT2D eigenvalue weighted by Gasteiger charge is -2.44. The number of likely N-dealkylation sites (tertiary alicyclic amines) is 1. The smallest absolute Gasteiger partial charge is 0.425 e. The van der Waals surface area contributed by atoms with E-state index in [1.165, 1.54) is 45.3 Å². The largest absolute Gasteiger partial charge is 0.558 e. The van der Waals surface area contributed by atoms with Crippen LogP contribution in [0.2, 0.25) is 0 Å². The minimum absolute atomic E-state index is 0.422. The monoisotopic (exact) mass is 642 g/mol. The molecule has 0 aliphatic carbocycles. The fraction of sp³-hybridized carbons (Fsp3) is 1.00. The lowest BCUT2D eigenvalue weighted by Crippen LogP contribution is -2.64. The second-order valence-electron chi connectivity index (χ2n) is 8.08. The molecule has 1 fully saturated rings. The summed E-state index contributed by atoms with van der Waals surface area (Å²) in [7, 11) is -12.5. The van der Waals surface area contributed by atoms with Crippen molar-refractivity contribution in [1.29, 1.82) is 0 Å². The van der Waals surface area contributed by atoms with Gasteiger partial charge in [-0.3, -0.25) is 0 Å². The predicted molar refractivity (Wildman–Crippen MR) is 114 cm³/mol. The maximum Gasteiger partial charge on any atom is 0.558 e. The van der Waals surface area contributed by atoms with Crippen molar-refractivity contribution in [3.05, 3.63) is 4.13 Å². The van der Waals surface area contributed by atoms with Crippen LogP contribution in [0.4, 0.5) is 43.9 Å². The third kappa shape index (κ3) is 8.36. The third-order valence-corrected chi connectivity index (χ3v) is 11.7. The third-order valence-electron chi connectivity index (χ3n) is 5.43. The molecule has 0 saturated carbocycles. The van der Waals surface area contributed by atoms with Crippen LogP contribution >= 0.6 is 0 Å². The number of hydrogen-bond donors (Lipinski definition) is 0. The number of halogens is 10. The van der Waals surface area contributed by atoms with Crippen molar-refractivity contribution in [2.24, 2.45) is 0 Å². The van der Waals surface area contributed by atoms with E-state index >= 15 is 0 Å². The molecular formula is C16H28F10N2O7S2Si. The van der Waals surface area contributed by atoms with E-state index < -0.39 is 51.7 Å². The zero-order valence-corrected chi connectivity index (χ0v) is 23.1. The fourth-order valence-electron chi connectivity index (χ4n) is 3.49. The first kappa shape index (κ1) is 37.2. The highest BCUT2D eigenvalue weighted by atomic mass is 32.3. The first-order valence-electron chi connectivity index (χ1n) is 10.5. The van der Waals surface area contributed by atoms with Gasteiger partial charge in [0, 0.05) is 21.3 Å². The van der Waals surface area contributed by atoms with Crippen molar-refractivity contribution >= 4 is 28.9 Å². The maximum absolute atomic E-state index is 12.3. The molecule has 1 rings (SSSR count). The molecule has 0 amide bonds. The van der Waals surface area contributed by atoms with Crippen LogP contribution in [0, 0.1) is 0 Å². The summed E-state index contributed by atoms with van der Waals surface area (Å²) in [5, 5.41) is -14.0. The van der Waals surface area contributed by atoms with Gasteiger partial charge in [-0.05, 0) is 25.7 Å². The van der Waals surface area contributed by atoms with Crippen LogP contribution in [-0.2, 0) is 33.3 Å². The Hall–Kier alpha value is -0.783. The minimum Gasteiger partial charge on any atom is -0.425 e. The number of quaternary nitrogens is 1. The molecule has 22 heteroatoms. The van der Waals surface area contributed by atoms with E-state index in [9.17, 15) is 60.7 Å². The van der Waals surface area contributed by atoms with Crippen molar-refractivity contribution in [2.45, 2.75) is 55.5 Å². The topological polar surface area (TPSA) is 110 Å². The van der Waals surface area contributed by atoms with Crippen molar-refractivity contribution < 1.29 is 78.5 Å². The number of alkyl halides is 10. The zero-order chi connectivity index (χ0) is 30.5. The van der Waals surface area contributed by atoms with Crippen LogP contribution in [0.5, 0.6) is 0 Å². The Labute approximate surface area is 214 Å². The van der Waals surface area contributed by atoms with Gasteiger partial charge in [0.1, 0.15) is 6.17 Å². The Morgan fingerprint density at radius 3 is 1.32 bits per heavy atom. The molecule has 1 aliphatic rings. The Morgan fingerprint density at radius 1 is 0.711 bits per heavy atom. The molecule has 0 unspecified atom stereocenters. The number of nitrogens with zero attached hydrogens (tertiary/aromatic N) is 2. The Kier molecular flexibility index (Phi) is 12.5. The van der Waals surface area contributed by atoms with Crippen LogP contribution in [-0.4, -0.2) is 100 Å². The quantitative estimate of drug-likeness (QED) is 0.189. The van der Waals surface area contributed by atoms with Gasteiger partial charge < -0.3 is 21.9 Å². The van der Waals surface area contributed by atoms with E-state index in [0.29, 0.717) is 4.13 Å². The number of hydrogen-bond acceptors (Lipinski definition) is 7. The van der Waals surface area contributed by atoms with Gasteiger partial charge in [0.15, 0.2) is 20.0 Å². The molecule has 9 nitrogen and oxygen atoms in total. The van der Waals surface area contributed by atoms with Crippen LogP contribution in [0.15, 0.2) is 0 Å². The molecule has 230 valence electrons. The van der Waals surface area contributed by atoms with Crippen LogP contribution in [0.25, 0.3) is 4.13 Å². The molecular weight excluding hydrogens is 614 g/mol. The Bertz CT molecular complexity index is 898. The second kappa shape index (κ2) is 12.8. The van der Waals surface area contributed by atoms with Gasteiger partial charge in [-0.25, -0.2) is 16.8 Å². The van der Waals surface area contributed by atoms with Crippen LogP contribution < -0.4 is 0 Å². The standard InChI is InChI=1S/C12H28NO3Si.C4F10NO4S2/c1-5-9-13(10-7-6-8-11-13)12-17(14-2,15-3)16-4;5-1(6,7)3(11,12)20(16,17)15-21(18,19)4(13,14)2(8,9)10/h5-12H2,1-4H3;/q+1;-1. The minimum atomic E-state index is -7.62. The number of rotatable bonds is 11. The highest BCUT2D eigenvalue weighted by Crippen LogP contribution is 2.47. The summed E-state index contributed by atoms with van der Waals surface area (Å²) in [5.74, 6) is 0. The van der Waals surface area contributed by atoms with Gasteiger partial charge >= 0.3 is 31.7 Å². The molecule has 0 atom stereocenters. The lowest BCUT2D eigenvalue weighted by atomic mass is 10.1. The molecule has 0 aromatic carbocycles. The van der Waals surface area contributed by atoms with E-state index in [1.807, 2.05) is 0 Å². The normalized spacial score (nSPS) is 18.1. The highest BCUT2D eigenvalue weighted by molar-refractivity contribution is 8.13. The van der Waals surface area contributed by atoms with E-state index in [4.69, 9.17) is 13.3 Å². The molecule has 0 N–H and O–H groups in total. The SMILES string of the molecule is CCC[N+]1(C[Si](OC)(OC)OC)CCCCC1.O=S(=O)([N-]S(=O)(=O)C(F)(F)C(F)(F)F)C(F)(F)C(F)(F)F. The number of sulfonamides is 2. The van der Waals surface area contributed by atoms with Gasteiger partial charge in [0.05, 0.1) is 19.6 Å². The lowest BCUT2D eigenvalue weighted by molar-refractivity contribution is -0.925. The van der Waals surface area contributed by atoms with Gasteiger partial charge in [0.25, 0.3) is 0 Å². The summed E-state index contributed by atoms with van der Waals surface area (Å²) < 4.78 is 179. The van der Waals surface area contributed by atoms with Gasteiger partial charge in [-0.15, -0.1) is 0 Å². The molecule has 1 saturated heterocycles. The number of piperidine rings is 1. The average Bonchev–Trinajstić information content (AvgIpc) is 2.76. The Balaban J connectivity index is 0.000000735. The fourth-order valence-corrected chi connectivity index (χ4v) is 8.04.